The molecule has 0 radical (unpaired) electrons. The smallest absolute Gasteiger partial charge is 0.231 e. The van der Waals surface area contributed by atoms with Crippen LogP contribution in [0.25, 0.3) is 0 Å². The highest BCUT2D eigenvalue weighted by Crippen LogP contribution is 2.24. The van der Waals surface area contributed by atoms with E-state index in [1.807, 2.05) is 19.1 Å². The van der Waals surface area contributed by atoms with E-state index in [0.717, 1.165) is 5.56 Å². The predicted octanol–water partition coefficient (Wildman–Crippen LogP) is 3.55. The summed E-state index contributed by atoms with van der Waals surface area (Å²) >= 11 is 5.80. The Morgan fingerprint density at radius 2 is 1.90 bits per heavy atom. The molecular formula is C15H21ClN2O2. The summed E-state index contributed by atoms with van der Waals surface area (Å²) in [7, 11) is 0. The summed E-state index contributed by atoms with van der Waals surface area (Å²) in [5, 5.41) is 5.63. The van der Waals surface area contributed by atoms with E-state index in [4.69, 9.17) is 11.6 Å². The summed E-state index contributed by atoms with van der Waals surface area (Å²) in [6.07, 6.45) is 0.412. The van der Waals surface area contributed by atoms with E-state index in [1.165, 1.54) is 0 Å². The van der Waals surface area contributed by atoms with Gasteiger partial charge in [0.2, 0.25) is 11.8 Å². The first-order chi connectivity index (χ1) is 9.30. The number of benzene rings is 1. The third-order valence-corrected chi connectivity index (χ3v) is 3.71. The van der Waals surface area contributed by atoms with Gasteiger partial charge in [-0.25, -0.2) is 0 Å². The van der Waals surface area contributed by atoms with Crippen LogP contribution >= 0.6 is 11.6 Å². The molecule has 0 aromatic heterocycles. The van der Waals surface area contributed by atoms with E-state index in [1.54, 1.807) is 26.8 Å². The van der Waals surface area contributed by atoms with Crippen LogP contribution < -0.4 is 10.6 Å². The Balaban J connectivity index is 2.92. The van der Waals surface area contributed by atoms with E-state index in [0.29, 0.717) is 17.8 Å². The number of halogens is 1. The molecule has 0 atom stereocenters. The molecule has 0 saturated heterocycles. The molecule has 0 aliphatic rings. The topological polar surface area (TPSA) is 58.2 Å². The van der Waals surface area contributed by atoms with Crippen molar-refractivity contribution >= 4 is 34.8 Å². The monoisotopic (exact) mass is 296 g/mol. The number of hydrogen-bond acceptors (Lipinski definition) is 2. The molecule has 1 aromatic carbocycles. The highest BCUT2D eigenvalue weighted by atomic mass is 35.5. The maximum absolute atomic E-state index is 12.1. The Hall–Kier alpha value is -1.55. The number of hydrogen-bond donors (Lipinski definition) is 2. The molecule has 2 amide bonds. The minimum Gasteiger partial charge on any atom is -0.326 e. The van der Waals surface area contributed by atoms with Gasteiger partial charge in [-0.15, -0.1) is 11.6 Å². The molecule has 1 aromatic rings. The third-order valence-electron chi connectivity index (χ3n) is 3.04. The molecule has 0 aliphatic carbocycles. The molecule has 1 rings (SSSR count). The molecule has 2 N–H and O–H groups in total. The van der Waals surface area contributed by atoms with Gasteiger partial charge in [-0.05, 0) is 38.5 Å². The molecule has 0 heterocycles. The lowest BCUT2D eigenvalue weighted by Crippen LogP contribution is -2.32. The van der Waals surface area contributed by atoms with Crippen molar-refractivity contribution < 1.29 is 9.59 Å². The van der Waals surface area contributed by atoms with Crippen LogP contribution in [0.2, 0.25) is 0 Å². The second-order valence-corrected chi connectivity index (χ2v) is 5.67. The van der Waals surface area contributed by atoms with Crippen molar-refractivity contribution in [3.63, 3.8) is 0 Å². The summed E-state index contributed by atoms with van der Waals surface area (Å²) < 4.78 is 0. The number of carbonyl (C=O) groups is 2. The molecule has 110 valence electrons. The van der Waals surface area contributed by atoms with Gasteiger partial charge in [0.15, 0.2) is 0 Å². The van der Waals surface area contributed by atoms with Crippen LogP contribution in [0.1, 0.15) is 32.8 Å². The van der Waals surface area contributed by atoms with Gasteiger partial charge in [0.25, 0.3) is 0 Å². The molecule has 20 heavy (non-hydrogen) atoms. The van der Waals surface area contributed by atoms with E-state index in [2.05, 4.69) is 10.6 Å². The van der Waals surface area contributed by atoms with Gasteiger partial charge in [-0.3, -0.25) is 9.59 Å². The molecule has 0 spiro atoms. The molecule has 0 bridgehead atoms. The van der Waals surface area contributed by atoms with Crippen molar-refractivity contribution in [3.05, 3.63) is 23.8 Å². The number of nitrogens with one attached hydrogen (secondary N) is 2. The van der Waals surface area contributed by atoms with Crippen molar-refractivity contribution in [1.82, 2.24) is 0 Å². The molecule has 0 saturated carbocycles. The van der Waals surface area contributed by atoms with Crippen LogP contribution in [-0.2, 0) is 9.59 Å². The number of carbonyl (C=O) groups excluding carboxylic acids is 2. The normalized spacial score (nSPS) is 11.1. The predicted molar refractivity (Wildman–Crippen MR) is 83.2 cm³/mol. The molecular weight excluding hydrogens is 276 g/mol. The van der Waals surface area contributed by atoms with Gasteiger partial charge in [0.1, 0.15) is 0 Å². The van der Waals surface area contributed by atoms with Crippen LogP contribution in [0.15, 0.2) is 18.2 Å². The zero-order valence-electron chi connectivity index (χ0n) is 12.3. The maximum atomic E-state index is 12.1. The molecule has 5 heteroatoms. The Morgan fingerprint density at radius 3 is 2.45 bits per heavy atom. The van der Waals surface area contributed by atoms with Gasteiger partial charge in [0, 0.05) is 23.7 Å². The fourth-order valence-electron chi connectivity index (χ4n) is 1.44. The number of rotatable bonds is 5. The molecule has 0 aliphatic heterocycles. The summed E-state index contributed by atoms with van der Waals surface area (Å²) in [5.74, 6) is 0.0335. The Labute approximate surface area is 124 Å². The minimum atomic E-state index is -0.642. The third kappa shape index (κ3) is 4.23. The van der Waals surface area contributed by atoms with Gasteiger partial charge in [0.05, 0.1) is 5.41 Å². The molecule has 0 unspecified atom stereocenters. The zero-order chi connectivity index (χ0) is 15.3. The fraction of sp³-hybridized carbons (Fsp3) is 0.467. The van der Waals surface area contributed by atoms with Crippen molar-refractivity contribution in [2.24, 2.45) is 5.41 Å². The van der Waals surface area contributed by atoms with Gasteiger partial charge in [-0.1, -0.05) is 13.0 Å². The highest BCUT2D eigenvalue weighted by Gasteiger charge is 2.26. The van der Waals surface area contributed by atoms with Crippen LogP contribution in [0.5, 0.6) is 0 Å². The van der Waals surface area contributed by atoms with Crippen LogP contribution in [0.4, 0.5) is 11.4 Å². The van der Waals surface area contributed by atoms with Crippen LogP contribution in [-0.4, -0.2) is 17.7 Å². The van der Waals surface area contributed by atoms with E-state index in [-0.39, 0.29) is 17.7 Å². The van der Waals surface area contributed by atoms with Crippen molar-refractivity contribution in [2.45, 2.75) is 34.1 Å². The molecule has 0 fully saturated rings. The average molecular weight is 297 g/mol. The van der Waals surface area contributed by atoms with Gasteiger partial charge in [-0.2, -0.15) is 0 Å². The minimum absolute atomic E-state index is 0.0628. The largest absolute Gasteiger partial charge is 0.326 e. The SMILES string of the molecule is CCC(=O)Nc1ccc(C)c(NC(=O)C(C)(C)CCl)c1. The quantitative estimate of drug-likeness (QED) is 0.816. The van der Waals surface area contributed by atoms with Crippen molar-refractivity contribution in [3.8, 4) is 0 Å². The summed E-state index contributed by atoms with van der Waals surface area (Å²) in [6, 6.07) is 5.42. The lowest BCUT2D eigenvalue weighted by molar-refractivity contribution is -0.123. The number of alkyl halides is 1. The standard InChI is InChI=1S/C15H21ClN2O2/c1-5-13(19)17-11-7-6-10(2)12(8-11)18-14(20)15(3,4)9-16/h6-8H,5,9H2,1-4H3,(H,17,19)(H,18,20). The summed E-state index contributed by atoms with van der Waals surface area (Å²) in [4.78, 5) is 23.5. The van der Waals surface area contributed by atoms with Crippen molar-refractivity contribution in [2.75, 3.05) is 16.5 Å². The first-order valence-corrected chi connectivity index (χ1v) is 7.11. The van der Waals surface area contributed by atoms with E-state index < -0.39 is 5.41 Å². The van der Waals surface area contributed by atoms with E-state index in [9.17, 15) is 9.59 Å². The second-order valence-electron chi connectivity index (χ2n) is 5.40. The second kappa shape index (κ2) is 6.75. The van der Waals surface area contributed by atoms with E-state index >= 15 is 0 Å². The zero-order valence-corrected chi connectivity index (χ0v) is 13.1. The number of anilines is 2. The van der Waals surface area contributed by atoms with Gasteiger partial charge >= 0.3 is 0 Å². The first-order valence-electron chi connectivity index (χ1n) is 6.58. The lowest BCUT2D eigenvalue weighted by atomic mass is 9.95. The molecule has 4 nitrogen and oxygen atoms in total. The fourth-order valence-corrected chi connectivity index (χ4v) is 1.56. The lowest BCUT2D eigenvalue weighted by Gasteiger charge is -2.21. The Morgan fingerprint density at radius 1 is 1.25 bits per heavy atom. The number of aryl methyl sites for hydroxylation is 1. The van der Waals surface area contributed by atoms with Gasteiger partial charge < -0.3 is 10.6 Å². The van der Waals surface area contributed by atoms with Crippen molar-refractivity contribution in [1.29, 1.82) is 0 Å². The Bertz CT molecular complexity index is 513. The average Bonchev–Trinajstić information content (AvgIpc) is 2.42. The summed E-state index contributed by atoms with van der Waals surface area (Å²) in [6.45, 7) is 7.25. The maximum Gasteiger partial charge on any atom is 0.231 e. The highest BCUT2D eigenvalue weighted by molar-refractivity contribution is 6.20. The van der Waals surface area contributed by atoms with Crippen LogP contribution in [0.3, 0.4) is 0 Å². The summed E-state index contributed by atoms with van der Waals surface area (Å²) in [5.41, 5.74) is 1.64. The number of amides is 2. The first kappa shape index (κ1) is 16.5. The Kier molecular flexibility index (Phi) is 5.57. The van der Waals surface area contributed by atoms with Crippen LogP contribution in [0, 0.1) is 12.3 Å².